The van der Waals surface area contributed by atoms with Gasteiger partial charge >= 0.3 is 5.97 Å². The second kappa shape index (κ2) is 5.19. The Balaban J connectivity index is 2.12. The van der Waals surface area contributed by atoms with Crippen LogP contribution >= 0.6 is 11.6 Å². The van der Waals surface area contributed by atoms with Crippen LogP contribution in [0.5, 0.6) is 0 Å². The van der Waals surface area contributed by atoms with E-state index in [4.69, 9.17) is 21.4 Å². The highest BCUT2D eigenvalue weighted by Crippen LogP contribution is 2.21. The normalized spacial score (nSPS) is 23.5. The molecule has 1 heterocycles. The molecule has 0 aromatic heterocycles. The van der Waals surface area contributed by atoms with Gasteiger partial charge in [-0.2, -0.15) is 0 Å². The van der Waals surface area contributed by atoms with Crippen LogP contribution in [0.15, 0.2) is 24.3 Å². The highest BCUT2D eigenvalue weighted by Gasteiger charge is 2.42. The van der Waals surface area contributed by atoms with Crippen molar-refractivity contribution in [2.45, 2.75) is 19.1 Å². The van der Waals surface area contributed by atoms with Crippen molar-refractivity contribution in [3.05, 3.63) is 34.9 Å². The maximum atomic E-state index is 11.8. The lowest BCUT2D eigenvalue weighted by molar-refractivity contribution is -0.182. The highest BCUT2D eigenvalue weighted by molar-refractivity contribution is 6.30. The Bertz CT molecular complexity index is 502. The number of ether oxygens (including phenoxy) is 1. The third-order valence-corrected chi connectivity index (χ3v) is 3.35. The van der Waals surface area contributed by atoms with Crippen molar-refractivity contribution < 1.29 is 19.4 Å². The molecule has 0 saturated carbocycles. The molecule has 1 aromatic rings. The minimum Gasteiger partial charge on any atom is -0.479 e. The van der Waals surface area contributed by atoms with Crippen molar-refractivity contribution in [3.8, 4) is 0 Å². The van der Waals surface area contributed by atoms with E-state index >= 15 is 0 Å². The van der Waals surface area contributed by atoms with Crippen LogP contribution in [-0.2, 0) is 20.9 Å². The zero-order chi connectivity index (χ0) is 14.0. The molecule has 6 heteroatoms. The molecule has 19 heavy (non-hydrogen) atoms. The molecule has 5 nitrogen and oxygen atoms in total. The fourth-order valence-electron chi connectivity index (χ4n) is 1.89. The number of hydrogen-bond acceptors (Lipinski definition) is 3. The van der Waals surface area contributed by atoms with Crippen LogP contribution < -0.4 is 0 Å². The van der Waals surface area contributed by atoms with Gasteiger partial charge in [-0.05, 0) is 24.6 Å². The Morgan fingerprint density at radius 1 is 1.47 bits per heavy atom. The summed E-state index contributed by atoms with van der Waals surface area (Å²) >= 11 is 5.79. The average molecular weight is 284 g/mol. The molecule has 102 valence electrons. The molecule has 1 unspecified atom stereocenters. The number of benzene rings is 1. The Hall–Kier alpha value is -1.59. The summed E-state index contributed by atoms with van der Waals surface area (Å²) in [4.78, 5) is 24.4. The topological polar surface area (TPSA) is 66.8 Å². The first-order valence-corrected chi connectivity index (χ1v) is 6.18. The summed E-state index contributed by atoms with van der Waals surface area (Å²) in [7, 11) is 0. The number of halogens is 1. The van der Waals surface area contributed by atoms with Crippen LogP contribution in [0, 0.1) is 0 Å². The number of carboxylic acids is 1. The molecule has 0 spiro atoms. The SMILES string of the molecule is CC1(C(=O)O)CN(Cc2ccc(Cl)cc2)C(=O)CO1. The van der Waals surface area contributed by atoms with Gasteiger partial charge in [-0.1, -0.05) is 23.7 Å². The molecule has 0 aliphatic carbocycles. The second-order valence-corrected chi connectivity index (χ2v) is 5.14. The van der Waals surface area contributed by atoms with E-state index in [1.807, 2.05) is 12.1 Å². The van der Waals surface area contributed by atoms with Gasteiger partial charge in [-0.3, -0.25) is 4.79 Å². The van der Waals surface area contributed by atoms with Crippen LogP contribution in [-0.4, -0.2) is 40.6 Å². The summed E-state index contributed by atoms with van der Waals surface area (Å²) in [6.45, 7) is 1.64. The quantitative estimate of drug-likeness (QED) is 0.914. The van der Waals surface area contributed by atoms with Gasteiger partial charge in [0.25, 0.3) is 0 Å². The smallest absolute Gasteiger partial charge is 0.337 e. The molecule has 1 aliphatic rings. The molecule has 1 atom stereocenters. The van der Waals surface area contributed by atoms with Gasteiger partial charge in [0.15, 0.2) is 5.60 Å². The van der Waals surface area contributed by atoms with Crippen molar-refractivity contribution in [1.82, 2.24) is 4.90 Å². The van der Waals surface area contributed by atoms with Gasteiger partial charge in [0.2, 0.25) is 5.91 Å². The molecule has 1 aromatic carbocycles. The fourth-order valence-corrected chi connectivity index (χ4v) is 2.02. The highest BCUT2D eigenvalue weighted by atomic mass is 35.5. The van der Waals surface area contributed by atoms with E-state index in [0.29, 0.717) is 11.6 Å². The molecule has 1 amide bonds. The summed E-state index contributed by atoms with van der Waals surface area (Å²) in [6.07, 6.45) is 0. The maximum absolute atomic E-state index is 11.8. The lowest BCUT2D eigenvalue weighted by Crippen LogP contribution is -2.56. The minimum atomic E-state index is -1.35. The molecule has 1 N–H and O–H groups in total. The zero-order valence-electron chi connectivity index (χ0n) is 10.4. The number of carbonyl (C=O) groups excluding carboxylic acids is 1. The number of carboxylic acid groups (broad SMARTS) is 1. The van der Waals surface area contributed by atoms with E-state index in [1.54, 1.807) is 12.1 Å². The Morgan fingerprint density at radius 3 is 2.68 bits per heavy atom. The number of morpholine rings is 1. The lowest BCUT2D eigenvalue weighted by atomic mass is 10.0. The van der Waals surface area contributed by atoms with Crippen molar-refractivity contribution in [2.24, 2.45) is 0 Å². The number of aliphatic carboxylic acids is 1. The fraction of sp³-hybridized carbons (Fsp3) is 0.385. The summed E-state index contributed by atoms with van der Waals surface area (Å²) < 4.78 is 5.11. The lowest BCUT2D eigenvalue weighted by Gasteiger charge is -2.37. The largest absolute Gasteiger partial charge is 0.479 e. The number of rotatable bonds is 3. The molecule has 0 radical (unpaired) electrons. The molecule has 1 fully saturated rings. The van der Waals surface area contributed by atoms with Crippen LogP contribution in [0.3, 0.4) is 0 Å². The van der Waals surface area contributed by atoms with Crippen molar-refractivity contribution in [3.63, 3.8) is 0 Å². The van der Waals surface area contributed by atoms with Gasteiger partial charge in [0.1, 0.15) is 6.61 Å². The van der Waals surface area contributed by atoms with E-state index in [1.165, 1.54) is 11.8 Å². The van der Waals surface area contributed by atoms with E-state index in [-0.39, 0.29) is 19.1 Å². The first-order valence-electron chi connectivity index (χ1n) is 5.80. The molecular weight excluding hydrogens is 270 g/mol. The standard InChI is InChI=1S/C13H14ClNO4/c1-13(12(17)18)8-15(11(16)7-19-13)6-9-2-4-10(14)5-3-9/h2-5H,6-8H2,1H3,(H,17,18). The number of amides is 1. The minimum absolute atomic E-state index is 0.0315. The first kappa shape index (κ1) is 13.8. The summed E-state index contributed by atoms with van der Waals surface area (Å²) in [5, 5.41) is 9.74. The van der Waals surface area contributed by atoms with Gasteiger partial charge in [-0.15, -0.1) is 0 Å². The first-order chi connectivity index (χ1) is 8.90. The van der Waals surface area contributed by atoms with Gasteiger partial charge < -0.3 is 14.7 Å². The second-order valence-electron chi connectivity index (χ2n) is 4.70. The molecule has 2 rings (SSSR count). The van der Waals surface area contributed by atoms with Crippen LogP contribution in [0.1, 0.15) is 12.5 Å². The molecule has 1 saturated heterocycles. The predicted molar refractivity (Wildman–Crippen MR) is 68.9 cm³/mol. The summed E-state index contributed by atoms with van der Waals surface area (Å²) in [5.41, 5.74) is -0.451. The van der Waals surface area contributed by atoms with Crippen LogP contribution in [0.4, 0.5) is 0 Å². The third-order valence-electron chi connectivity index (χ3n) is 3.10. The number of hydrogen-bond donors (Lipinski definition) is 1. The van der Waals surface area contributed by atoms with E-state index < -0.39 is 11.6 Å². The van der Waals surface area contributed by atoms with Gasteiger partial charge in [0.05, 0.1) is 6.54 Å². The predicted octanol–water partition coefficient (Wildman–Crippen LogP) is 1.54. The van der Waals surface area contributed by atoms with Crippen LogP contribution in [0.2, 0.25) is 5.02 Å². The summed E-state index contributed by atoms with van der Waals surface area (Å²) in [5.74, 6) is -1.28. The maximum Gasteiger partial charge on any atom is 0.337 e. The van der Waals surface area contributed by atoms with Crippen LogP contribution in [0.25, 0.3) is 0 Å². The molecule has 0 bridgehead atoms. The Kier molecular flexibility index (Phi) is 3.78. The summed E-state index contributed by atoms with van der Waals surface area (Å²) in [6, 6.07) is 7.09. The molecule has 1 aliphatic heterocycles. The number of carbonyl (C=O) groups is 2. The van der Waals surface area contributed by atoms with E-state index in [9.17, 15) is 9.59 Å². The third kappa shape index (κ3) is 3.05. The number of nitrogens with zero attached hydrogens (tertiary/aromatic N) is 1. The zero-order valence-corrected chi connectivity index (χ0v) is 11.2. The van der Waals surface area contributed by atoms with Gasteiger partial charge in [-0.25, -0.2) is 4.79 Å². The van der Waals surface area contributed by atoms with Crippen molar-refractivity contribution in [2.75, 3.05) is 13.2 Å². The van der Waals surface area contributed by atoms with E-state index in [2.05, 4.69) is 0 Å². The Labute approximate surface area is 115 Å². The molecular formula is C13H14ClNO4. The average Bonchev–Trinajstić information content (AvgIpc) is 2.36. The van der Waals surface area contributed by atoms with Gasteiger partial charge in [0, 0.05) is 11.6 Å². The van der Waals surface area contributed by atoms with E-state index in [0.717, 1.165) is 5.56 Å². The Morgan fingerprint density at radius 2 is 2.11 bits per heavy atom. The monoisotopic (exact) mass is 283 g/mol. The van der Waals surface area contributed by atoms with Crippen molar-refractivity contribution >= 4 is 23.5 Å². The van der Waals surface area contributed by atoms with Crippen molar-refractivity contribution in [1.29, 1.82) is 0 Å².